The number of benzene rings is 1. The predicted octanol–water partition coefficient (Wildman–Crippen LogP) is 3.60. The molecule has 0 N–H and O–H groups in total. The van der Waals surface area contributed by atoms with E-state index in [4.69, 9.17) is 16.3 Å². The van der Waals surface area contributed by atoms with Crippen LogP contribution >= 0.6 is 22.9 Å². The molecule has 0 aliphatic carbocycles. The van der Waals surface area contributed by atoms with Crippen LogP contribution in [0.3, 0.4) is 0 Å². The number of ether oxygens (including phenoxy) is 1. The van der Waals surface area contributed by atoms with Gasteiger partial charge in [-0.25, -0.2) is 0 Å². The second-order valence-corrected chi connectivity index (χ2v) is 7.19. The van der Waals surface area contributed by atoms with Crippen LogP contribution in [0.15, 0.2) is 30.3 Å². The van der Waals surface area contributed by atoms with Gasteiger partial charge < -0.3 is 14.5 Å². The summed E-state index contributed by atoms with van der Waals surface area (Å²) < 4.78 is 6.22. The molecule has 2 aromatic rings. The van der Waals surface area contributed by atoms with Crippen LogP contribution in [0.1, 0.15) is 4.88 Å². The third-order valence-electron chi connectivity index (χ3n) is 3.63. The van der Waals surface area contributed by atoms with Gasteiger partial charge in [0.1, 0.15) is 0 Å². The summed E-state index contributed by atoms with van der Waals surface area (Å²) in [4.78, 5) is 17.2. The normalized spacial score (nSPS) is 11.7. The monoisotopic (exact) mass is 366 g/mol. The summed E-state index contributed by atoms with van der Waals surface area (Å²) >= 11 is 8.01. The van der Waals surface area contributed by atoms with Gasteiger partial charge in [-0.3, -0.25) is 4.79 Å². The van der Waals surface area contributed by atoms with E-state index in [1.807, 2.05) is 44.4 Å². The first-order valence-electron chi connectivity index (χ1n) is 7.80. The number of methoxy groups -OCH3 is 1. The highest BCUT2D eigenvalue weighted by Crippen LogP contribution is 2.35. The van der Waals surface area contributed by atoms with Gasteiger partial charge in [-0.05, 0) is 26.2 Å². The Morgan fingerprint density at radius 2 is 2.00 bits per heavy atom. The number of rotatable bonds is 8. The molecule has 1 aromatic heterocycles. The largest absolute Gasteiger partial charge is 0.383 e. The van der Waals surface area contributed by atoms with Gasteiger partial charge >= 0.3 is 0 Å². The van der Waals surface area contributed by atoms with Gasteiger partial charge in [-0.2, -0.15) is 0 Å². The fourth-order valence-electron chi connectivity index (χ4n) is 2.25. The Kier molecular flexibility index (Phi) is 7.24. The van der Waals surface area contributed by atoms with E-state index in [-0.39, 0.29) is 5.91 Å². The average molecular weight is 367 g/mol. The number of amides is 1. The zero-order valence-electron chi connectivity index (χ0n) is 14.3. The van der Waals surface area contributed by atoms with E-state index in [1.165, 1.54) is 0 Å². The lowest BCUT2D eigenvalue weighted by molar-refractivity contribution is -0.126. The van der Waals surface area contributed by atoms with Crippen LogP contribution in [0.25, 0.3) is 16.2 Å². The molecule has 6 heteroatoms. The summed E-state index contributed by atoms with van der Waals surface area (Å²) in [7, 11) is 5.62. The first kappa shape index (κ1) is 18.9. The fraction of sp³-hybridized carbons (Fsp3) is 0.389. The summed E-state index contributed by atoms with van der Waals surface area (Å²) in [5, 5.41) is 1.73. The van der Waals surface area contributed by atoms with Crippen molar-refractivity contribution in [3.05, 3.63) is 40.2 Å². The zero-order valence-corrected chi connectivity index (χ0v) is 15.9. The summed E-state index contributed by atoms with van der Waals surface area (Å²) in [5.74, 6) is -0.0255. The molecule has 0 fully saturated rings. The Hall–Kier alpha value is -1.40. The Bertz CT molecular complexity index is 712. The maximum atomic E-state index is 12.5. The quantitative estimate of drug-likeness (QED) is 0.669. The molecule has 0 radical (unpaired) electrons. The minimum atomic E-state index is -0.0255. The van der Waals surface area contributed by atoms with Gasteiger partial charge in [0.2, 0.25) is 5.91 Å². The first-order valence-corrected chi connectivity index (χ1v) is 9.00. The molecule has 0 bridgehead atoms. The summed E-state index contributed by atoms with van der Waals surface area (Å²) in [5.41, 5.74) is 0. The van der Waals surface area contributed by atoms with E-state index in [0.29, 0.717) is 24.7 Å². The maximum Gasteiger partial charge on any atom is 0.246 e. The number of hydrogen-bond acceptors (Lipinski definition) is 4. The van der Waals surface area contributed by atoms with E-state index < -0.39 is 0 Å². The molecule has 4 nitrogen and oxygen atoms in total. The van der Waals surface area contributed by atoms with E-state index in [1.54, 1.807) is 29.4 Å². The van der Waals surface area contributed by atoms with E-state index in [2.05, 4.69) is 4.90 Å². The van der Waals surface area contributed by atoms with Gasteiger partial charge in [-0.1, -0.05) is 29.8 Å². The number of thiophene rings is 1. The topological polar surface area (TPSA) is 32.8 Å². The van der Waals surface area contributed by atoms with Crippen molar-refractivity contribution in [2.24, 2.45) is 0 Å². The lowest BCUT2D eigenvalue weighted by Crippen LogP contribution is -2.37. The Balaban J connectivity index is 2.11. The maximum absolute atomic E-state index is 12.5. The second-order valence-electron chi connectivity index (χ2n) is 5.73. The smallest absolute Gasteiger partial charge is 0.246 e. The Labute approximate surface area is 152 Å². The lowest BCUT2D eigenvalue weighted by atomic mass is 10.2. The number of carbonyl (C=O) groups excluding carboxylic acids is 1. The van der Waals surface area contributed by atoms with Crippen LogP contribution in [0.2, 0.25) is 5.02 Å². The van der Waals surface area contributed by atoms with Crippen molar-refractivity contribution < 1.29 is 9.53 Å². The second kappa shape index (κ2) is 9.18. The highest BCUT2D eigenvalue weighted by Gasteiger charge is 2.12. The highest BCUT2D eigenvalue weighted by atomic mass is 35.5. The van der Waals surface area contributed by atoms with Crippen LogP contribution in [-0.4, -0.2) is 63.2 Å². The van der Waals surface area contributed by atoms with E-state index >= 15 is 0 Å². The average Bonchev–Trinajstić information content (AvgIpc) is 2.89. The van der Waals surface area contributed by atoms with Crippen LogP contribution in [0.5, 0.6) is 0 Å². The van der Waals surface area contributed by atoms with Crippen LogP contribution in [0, 0.1) is 0 Å². The van der Waals surface area contributed by atoms with Gasteiger partial charge in [-0.15, -0.1) is 11.3 Å². The van der Waals surface area contributed by atoms with Crippen molar-refractivity contribution in [2.45, 2.75) is 0 Å². The van der Waals surface area contributed by atoms with Crippen LogP contribution < -0.4 is 0 Å². The molecule has 0 spiro atoms. The molecule has 1 heterocycles. The number of likely N-dealkylation sites (N-methyl/N-ethyl adjacent to an activating group) is 1. The molecule has 0 saturated heterocycles. The fourth-order valence-corrected chi connectivity index (χ4v) is 3.65. The molecular weight excluding hydrogens is 344 g/mol. The Morgan fingerprint density at radius 3 is 2.67 bits per heavy atom. The Morgan fingerprint density at radius 1 is 1.25 bits per heavy atom. The molecule has 0 saturated carbocycles. The van der Waals surface area contributed by atoms with Gasteiger partial charge in [0.15, 0.2) is 0 Å². The SMILES string of the molecule is COCCN(CCN(C)C)C(=O)C=Cc1sc2ccccc2c1Cl. The number of nitrogens with zero attached hydrogens (tertiary/aromatic N) is 2. The molecule has 24 heavy (non-hydrogen) atoms. The van der Waals surface area contributed by atoms with Crippen LogP contribution in [-0.2, 0) is 9.53 Å². The predicted molar refractivity (Wildman–Crippen MR) is 103 cm³/mol. The summed E-state index contributed by atoms with van der Waals surface area (Å²) in [6, 6.07) is 7.98. The molecule has 1 amide bonds. The van der Waals surface area contributed by atoms with Crippen molar-refractivity contribution in [2.75, 3.05) is 47.4 Å². The molecule has 0 aliphatic rings. The third-order valence-corrected chi connectivity index (χ3v) is 5.29. The van der Waals surface area contributed by atoms with Crippen molar-refractivity contribution in [1.82, 2.24) is 9.80 Å². The standard InChI is InChI=1S/C18H23ClN2O2S/c1-20(2)10-11-21(12-13-23-3)17(22)9-8-16-18(19)14-6-4-5-7-15(14)24-16/h4-9H,10-13H2,1-3H3. The number of halogens is 1. The molecule has 1 aromatic carbocycles. The highest BCUT2D eigenvalue weighted by molar-refractivity contribution is 7.20. The van der Waals surface area contributed by atoms with Gasteiger partial charge in [0.25, 0.3) is 0 Å². The van der Waals surface area contributed by atoms with Crippen molar-refractivity contribution in [3.8, 4) is 0 Å². The third kappa shape index (κ3) is 5.05. The molecular formula is C18H23ClN2O2S. The van der Waals surface area contributed by atoms with Crippen LogP contribution in [0.4, 0.5) is 0 Å². The minimum Gasteiger partial charge on any atom is -0.383 e. The molecule has 0 atom stereocenters. The van der Waals surface area contributed by atoms with Crippen molar-refractivity contribution >= 4 is 45.0 Å². The molecule has 0 aliphatic heterocycles. The van der Waals surface area contributed by atoms with E-state index in [0.717, 1.165) is 21.5 Å². The number of hydrogen-bond donors (Lipinski definition) is 0. The van der Waals surface area contributed by atoms with Gasteiger partial charge in [0, 0.05) is 47.8 Å². The number of fused-ring (bicyclic) bond motifs is 1. The number of carbonyl (C=O) groups is 1. The summed E-state index contributed by atoms with van der Waals surface area (Å²) in [6.07, 6.45) is 3.41. The van der Waals surface area contributed by atoms with E-state index in [9.17, 15) is 4.79 Å². The first-order chi connectivity index (χ1) is 11.5. The molecule has 2 rings (SSSR count). The summed E-state index contributed by atoms with van der Waals surface area (Å²) in [6.45, 7) is 2.58. The molecule has 0 unspecified atom stereocenters. The zero-order chi connectivity index (χ0) is 17.5. The van der Waals surface area contributed by atoms with Crippen molar-refractivity contribution in [3.63, 3.8) is 0 Å². The molecule has 130 valence electrons. The lowest BCUT2D eigenvalue weighted by Gasteiger charge is -2.22. The van der Waals surface area contributed by atoms with Crippen molar-refractivity contribution in [1.29, 1.82) is 0 Å². The van der Waals surface area contributed by atoms with Gasteiger partial charge in [0.05, 0.1) is 11.6 Å². The minimum absolute atomic E-state index is 0.0255.